The maximum atomic E-state index is 12.1. The highest BCUT2D eigenvalue weighted by atomic mass is 32.2. The summed E-state index contributed by atoms with van der Waals surface area (Å²) in [6.45, 7) is 4.03. The minimum absolute atomic E-state index is 0.329. The number of hydrogen-bond acceptors (Lipinski definition) is 4. The van der Waals surface area contributed by atoms with Gasteiger partial charge in [-0.05, 0) is 17.5 Å². The van der Waals surface area contributed by atoms with Crippen molar-refractivity contribution < 1.29 is 8.42 Å². The molecule has 0 bridgehead atoms. The SMILES string of the molecule is CCc1ccc(C(C#N)N2CCN(S(=O)(=O)N(C)C)CC2)cc1. The van der Waals surface area contributed by atoms with E-state index < -0.39 is 10.2 Å². The summed E-state index contributed by atoms with van der Waals surface area (Å²) in [5, 5.41) is 9.54. The van der Waals surface area contributed by atoms with E-state index in [1.165, 1.54) is 28.3 Å². The molecule has 0 N–H and O–H groups in total. The molecule has 23 heavy (non-hydrogen) atoms. The molecule has 0 aliphatic carbocycles. The van der Waals surface area contributed by atoms with Crippen molar-refractivity contribution in [3.05, 3.63) is 35.4 Å². The lowest BCUT2D eigenvalue weighted by atomic mass is 10.0. The van der Waals surface area contributed by atoms with Crippen molar-refractivity contribution in [3.8, 4) is 6.07 Å². The van der Waals surface area contributed by atoms with Crippen molar-refractivity contribution in [1.29, 1.82) is 5.26 Å². The Morgan fingerprint density at radius 1 is 1.17 bits per heavy atom. The van der Waals surface area contributed by atoms with E-state index in [4.69, 9.17) is 0 Å². The summed E-state index contributed by atoms with van der Waals surface area (Å²) >= 11 is 0. The van der Waals surface area contributed by atoms with Crippen LogP contribution in [-0.2, 0) is 16.6 Å². The molecule has 126 valence electrons. The first-order valence-electron chi connectivity index (χ1n) is 7.80. The minimum atomic E-state index is -3.37. The van der Waals surface area contributed by atoms with Crippen LogP contribution in [0.15, 0.2) is 24.3 Å². The third-order valence-electron chi connectivity index (χ3n) is 4.25. The molecule has 1 saturated heterocycles. The summed E-state index contributed by atoms with van der Waals surface area (Å²) < 4.78 is 27.0. The molecule has 0 saturated carbocycles. The van der Waals surface area contributed by atoms with Gasteiger partial charge in [0, 0.05) is 40.3 Å². The Morgan fingerprint density at radius 2 is 1.74 bits per heavy atom. The number of aryl methyl sites for hydroxylation is 1. The minimum Gasteiger partial charge on any atom is -0.282 e. The van der Waals surface area contributed by atoms with Crippen molar-refractivity contribution in [3.63, 3.8) is 0 Å². The van der Waals surface area contributed by atoms with E-state index in [2.05, 4.69) is 13.0 Å². The Hall–Kier alpha value is -1.46. The van der Waals surface area contributed by atoms with Gasteiger partial charge in [0.1, 0.15) is 6.04 Å². The van der Waals surface area contributed by atoms with Crippen molar-refractivity contribution in [2.45, 2.75) is 19.4 Å². The molecule has 2 rings (SSSR count). The first kappa shape index (κ1) is 17.9. The van der Waals surface area contributed by atoms with Gasteiger partial charge in [0.05, 0.1) is 6.07 Å². The highest BCUT2D eigenvalue weighted by molar-refractivity contribution is 7.86. The third-order valence-corrected chi connectivity index (χ3v) is 6.19. The van der Waals surface area contributed by atoms with Gasteiger partial charge in [-0.1, -0.05) is 31.2 Å². The lowest BCUT2D eigenvalue weighted by molar-refractivity contribution is 0.159. The van der Waals surface area contributed by atoms with Gasteiger partial charge in [0.25, 0.3) is 10.2 Å². The second-order valence-corrected chi connectivity index (χ2v) is 7.99. The summed E-state index contributed by atoms with van der Waals surface area (Å²) in [5.41, 5.74) is 2.21. The Bertz CT molecular complexity index is 656. The fourth-order valence-electron chi connectivity index (χ4n) is 2.73. The normalized spacial score (nSPS) is 18.7. The molecule has 1 fully saturated rings. The average molecular weight is 336 g/mol. The van der Waals surface area contributed by atoms with Gasteiger partial charge in [-0.15, -0.1) is 0 Å². The van der Waals surface area contributed by atoms with Crippen LogP contribution in [0.4, 0.5) is 0 Å². The van der Waals surface area contributed by atoms with Crippen molar-refractivity contribution in [1.82, 2.24) is 13.5 Å². The second kappa shape index (κ2) is 7.41. The van der Waals surface area contributed by atoms with Crippen LogP contribution in [0.5, 0.6) is 0 Å². The van der Waals surface area contributed by atoms with Gasteiger partial charge in [0.15, 0.2) is 0 Å². The molecule has 6 nitrogen and oxygen atoms in total. The lowest BCUT2D eigenvalue weighted by Gasteiger charge is -2.37. The van der Waals surface area contributed by atoms with Crippen LogP contribution in [0, 0.1) is 11.3 Å². The smallest absolute Gasteiger partial charge is 0.281 e. The van der Waals surface area contributed by atoms with Gasteiger partial charge in [-0.3, -0.25) is 4.90 Å². The van der Waals surface area contributed by atoms with Gasteiger partial charge in [-0.2, -0.15) is 22.3 Å². The lowest BCUT2D eigenvalue weighted by Crippen LogP contribution is -2.52. The summed E-state index contributed by atoms with van der Waals surface area (Å²) in [6, 6.07) is 10.1. The summed E-state index contributed by atoms with van der Waals surface area (Å²) in [6.07, 6.45) is 0.971. The maximum absolute atomic E-state index is 12.1. The quantitative estimate of drug-likeness (QED) is 0.811. The zero-order valence-electron chi connectivity index (χ0n) is 13.9. The Morgan fingerprint density at radius 3 is 2.17 bits per heavy atom. The van der Waals surface area contributed by atoms with Crippen LogP contribution in [0.1, 0.15) is 24.1 Å². The predicted molar refractivity (Wildman–Crippen MR) is 89.9 cm³/mol. The molecule has 1 unspecified atom stereocenters. The number of nitriles is 1. The van der Waals surface area contributed by atoms with E-state index in [1.807, 2.05) is 29.2 Å². The van der Waals surface area contributed by atoms with Crippen LogP contribution in [-0.4, -0.2) is 62.2 Å². The van der Waals surface area contributed by atoms with E-state index >= 15 is 0 Å². The van der Waals surface area contributed by atoms with E-state index in [1.54, 1.807) is 0 Å². The predicted octanol–water partition coefficient (Wildman–Crippen LogP) is 1.24. The van der Waals surface area contributed by atoms with Gasteiger partial charge in [-0.25, -0.2) is 0 Å². The van der Waals surface area contributed by atoms with Crippen LogP contribution in [0.3, 0.4) is 0 Å². The summed E-state index contributed by atoms with van der Waals surface area (Å²) in [7, 11) is -0.299. The van der Waals surface area contributed by atoms with E-state index in [0.717, 1.165) is 12.0 Å². The van der Waals surface area contributed by atoms with E-state index in [0.29, 0.717) is 26.2 Å². The maximum Gasteiger partial charge on any atom is 0.281 e. The molecular formula is C16H24N4O2S. The summed E-state index contributed by atoms with van der Waals surface area (Å²) in [5.74, 6) is 0. The van der Waals surface area contributed by atoms with Crippen LogP contribution in [0.2, 0.25) is 0 Å². The Balaban J connectivity index is 2.06. The molecule has 7 heteroatoms. The molecule has 0 amide bonds. The zero-order chi connectivity index (χ0) is 17.0. The van der Waals surface area contributed by atoms with Crippen molar-refractivity contribution >= 4 is 10.2 Å². The number of hydrogen-bond donors (Lipinski definition) is 0. The molecular weight excluding hydrogens is 312 g/mol. The topological polar surface area (TPSA) is 67.6 Å². The highest BCUT2D eigenvalue weighted by Gasteiger charge is 2.31. The van der Waals surface area contributed by atoms with Crippen molar-refractivity contribution in [2.24, 2.45) is 0 Å². The fraction of sp³-hybridized carbons (Fsp3) is 0.562. The number of benzene rings is 1. The standard InChI is InChI=1S/C16H24N4O2S/c1-4-14-5-7-15(8-6-14)16(13-17)19-9-11-20(12-10-19)23(21,22)18(2)3/h5-8,16H,4,9-12H2,1-3H3. The zero-order valence-corrected chi connectivity index (χ0v) is 14.8. The second-order valence-electron chi connectivity index (χ2n) is 5.85. The van der Waals surface area contributed by atoms with Crippen molar-refractivity contribution in [2.75, 3.05) is 40.3 Å². The Kier molecular flexibility index (Phi) is 5.76. The number of rotatable bonds is 5. The van der Waals surface area contributed by atoms with Gasteiger partial charge >= 0.3 is 0 Å². The van der Waals surface area contributed by atoms with Gasteiger partial charge in [0.2, 0.25) is 0 Å². The molecule has 1 aliphatic heterocycles. The van der Waals surface area contributed by atoms with Crippen LogP contribution >= 0.6 is 0 Å². The monoisotopic (exact) mass is 336 g/mol. The molecule has 0 spiro atoms. The third kappa shape index (κ3) is 3.90. The van der Waals surface area contributed by atoms with Crippen LogP contribution < -0.4 is 0 Å². The molecule has 1 aliphatic rings. The number of piperazine rings is 1. The molecule has 1 atom stereocenters. The number of nitrogens with zero attached hydrogens (tertiary/aromatic N) is 4. The molecule has 0 aromatic heterocycles. The molecule has 1 heterocycles. The van der Waals surface area contributed by atoms with E-state index in [9.17, 15) is 13.7 Å². The average Bonchev–Trinajstić information content (AvgIpc) is 2.56. The Labute approximate surface area is 139 Å². The fourth-order valence-corrected chi connectivity index (χ4v) is 3.81. The van der Waals surface area contributed by atoms with Gasteiger partial charge < -0.3 is 0 Å². The summed E-state index contributed by atoms with van der Waals surface area (Å²) in [4.78, 5) is 2.04. The first-order chi connectivity index (χ1) is 10.9. The van der Waals surface area contributed by atoms with E-state index in [-0.39, 0.29) is 6.04 Å². The molecule has 1 aromatic carbocycles. The largest absolute Gasteiger partial charge is 0.282 e. The first-order valence-corrected chi connectivity index (χ1v) is 9.20. The molecule has 1 aromatic rings. The molecule has 0 radical (unpaired) electrons. The van der Waals surface area contributed by atoms with Crippen LogP contribution in [0.25, 0.3) is 0 Å². The highest BCUT2D eigenvalue weighted by Crippen LogP contribution is 2.23.